The van der Waals surface area contributed by atoms with Crippen LogP contribution in [0.3, 0.4) is 0 Å². The Morgan fingerprint density at radius 3 is 2.57 bits per heavy atom. The summed E-state index contributed by atoms with van der Waals surface area (Å²) in [6.07, 6.45) is 2.07. The van der Waals surface area contributed by atoms with Gasteiger partial charge in [-0.15, -0.1) is 11.3 Å². The molecule has 0 aliphatic rings. The molecule has 0 saturated heterocycles. The van der Waals surface area contributed by atoms with Crippen LogP contribution in [0.15, 0.2) is 35.7 Å². The minimum absolute atomic E-state index is 0.280. The van der Waals surface area contributed by atoms with Gasteiger partial charge in [-0.2, -0.15) is 0 Å². The summed E-state index contributed by atoms with van der Waals surface area (Å²) in [5.74, 6) is -0.0136. The van der Waals surface area contributed by atoms with E-state index in [1.807, 2.05) is 0 Å². The maximum absolute atomic E-state index is 12.2. The van der Waals surface area contributed by atoms with E-state index in [-0.39, 0.29) is 5.91 Å². The van der Waals surface area contributed by atoms with E-state index in [9.17, 15) is 9.59 Å². The van der Waals surface area contributed by atoms with Crippen molar-refractivity contribution < 1.29 is 19.1 Å². The van der Waals surface area contributed by atoms with Gasteiger partial charge >= 0.3 is 5.97 Å². The van der Waals surface area contributed by atoms with Gasteiger partial charge in [-0.3, -0.25) is 4.79 Å². The first-order chi connectivity index (χ1) is 11.2. The number of methoxy groups -OCH3 is 1. The van der Waals surface area contributed by atoms with E-state index >= 15 is 0 Å². The summed E-state index contributed by atoms with van der Waals surface area (Å²) in [7, 11) is 1.31. The number of hydrogen-bond acceptors (Lipinski definition) is 5. The highest BCUT2D eigenvalue weighted by atomic mass is 32.1. The molecule has 0 aliphatic heterocycles. The highest BCUT2D eigenvalue weighted by Gasteiger charge is 2.16. The number of unbranched alkanes of at least 4 members (excludes halogenated alkanes) is 1. The van der Waals surface area contributed by atoms with Crippen molar-refractivity contribution in [3.05, 3.63) is 46.8 Å². The van der Waals surface area contributed by atoms with Gasteiger partial charge in [-0.25, -0.2) is 4.79 Å². The number of rotatable bonds is 7. The zero-order valence-corrected chi connectivity index (χ0v) is 13.9. The first-order valence-corrected chi connectivity index (χ1v) is 8.23. The first-order valence-electron chi connectivity index (χ1n) is 7.35. The van der Waals surface area contributed by atoms with Crippen molar-refractivity contribution in [2.75, 3.05) is 19.0 Å². The second kappa shape index (κ2) is 8.33. The van der Waals surface area contributed by atoms with Crippen molar-refractivity contribution in [3.8, 4) is 5.75 Å². The first kappa shape index (κ1) is 17.0. The minimum atomic E-state index is -0.471. The largest absolute Gasteiger partial charge is 0.494 e. The van der Waals surface area contributed by atoms with Gasteiger partial charge in [0.05, 0.1) is 19.3 Å². The van der Waals surface area contributed by atoms with E-state index in [1.165, 1.54) is 18.4 Å². The second-order valence-corrected chi connectivity index (χ2v) is 5.75. The van der Waals surface area contributed by atoms with Gasteiger partial charge in [0, 0.05) is 5.56 Å². The lowest BCUT2D eigenvalue weighted by Gasteiger charge is -2.07. The van der Waals surface area contributed by atoms with Crippen molar-refractivity contribution in [1.29, 1.82) is 0 Å². The Bertz CT molecular complexity index is 663. The number of amides is 1. The zero-order chi connectivity index (χ0) is 16.7. The highest BCUT2D eigenvalue weighted by molar-refractivity contribution is 7.14. The number of nitrogens with one attached hydrogen (secondary N) is 1. The van der Waals surface area contributed by atoms with Crippen molar-refractivity contribution >= 4 is 28.2 Å². The molecule has 0 atom stereocenters. The van der Waals surface area contributed by atoms with Crippen LogP contribution < -0.4 is 10.1 Å². The van der Waals surface area contributed by atoms with Crippen LogP contribution in [-0.2, 0) is 4.74 Å². The molecule has 2 aromatic rings. The molecule has 1 aromatic carbocycles. The van der Waals surface area contributed by atoms with E-state index in [1.54, 1.807) is 35.7 Å². The molecular weight excluding hydrogens is 314 g/mol. The van der Waals surface area contributed by atoms with Gasteiger partial charge in [0.2, 0.25) is 0 Å². The Morgan fingerprint density at radius 1 is 1.17 bits per heavy atom. The number of carbonyl (C=O) groups is 2. The molecule has 122 valence electrons. The van der Waals surface area contributed by atoms with Crippen LogP contribution >= 0.6 is 11.3 Å². The lowest BCUT2D eigenvalue weighted by atomic mass is 10.2. The fourth-order valence-corrected chi connectivity index (χ4v) is 2.66. The van der Waals surface area contributed by atoms with E-state index in [0.29, 0.717) is 22.7 Å². The van der Waals surface area contributed by atoms with Gasteiger partial charge < -0.3 is 14.8 Å². The lowest BCUT2D eigenvalue weighted by Crippen LogP contribution is -2.13. The topological polar surface area (TPSA) is 64.6 Å². The summed E-state index contributed by atoms with van der Waals surface area (Å²) < 4.78 is 10.2. The van der Waals surface area contributed by atoms with Crippen molar-refractivity contribution in [2.24, 2.45) is 0 Å². The number of esters is 1. The van der Waals surface area contributed by atoms with Crippen LogP contribution in [0.5, 0.6) is 5.75 Å². The molecule has 23 heavy (non-hydrogen) atoms. The minimum Gasteiger partial charge on any atom is -0.494 e. The van der Waals surface area contributed by atoms with Crippen molar-refractivity contribution in [3.63, 3.8) is 0 Å². The molecule has 1 amide bonds. The van der Waals surface area contributed by atoms with Crippen LogP contribution in [-0.4, -0.2) is 25.6 Å². The highest BCUT2D eigenvalue weighted by Crippen LogP contribution is 2.25. The summed E-state index contributed by atoms with van der Waals surface area (Å²) in [5, 5.41) is 4.94. The average molecular weight is 333 g/mol. The van der Waals surface area contributed by atoms with Crippen LogP contribution in [0.25, 0.3) is 0 Å². The smallest absolute Gasteiger partial charge is 0.340 e. The monoisotopic (exact) mass is 333 g/mol. The standard InChI is InChI=1S/C17H19NO4S/c1-3-4-10-22-13-7-5-12(6-8-13)15(19)18-16-14(9-11-23-16)17(20)21-2/h5-9,11H,3-4,10H2,1-2H3,(H,18,19). The molecule has 0 spiro atoms. The predicted molar refractivity (Wildman–Crippen MR) is 90.5 cm³/mol. The molecule has 0 aliphatic carbocycles. The van der Waals surface area contributed by atoms with Gasteiger partial charge in [0.15, 0.2) is 0 Å². The molecule has 0 saturated carbocycles. The summed E-state index contributed by atoms with van der Waals surface area (Å²) in [6.45, 7) is 2.77. The Balaban J connectivity index is 2.01. The Hall–Kier alpha value is -2.34. The lowest BCUT2D eigenvalue weighted by molar-refractivity contribution is 0.0602. The Kier molecular flexibility index (Phi) is 6.17. The Labute approximate surface area is 139 Å². The van der Waals surface area contributed by atoms with Gasteiger partial charge in [0.1, 0.15) is 10.8 Å². The number of benzene rings is 1. The van der Waals surface area contributed by atoms with Crippen molar-refractivity contribution in [2.45, 2.75) is 19.8 Å². The van der Waals surface area contributed by atoms with E-state index in [4.69, 9.17) is 4.74 Å². The fraction of sp³-hybridized carbons (Fsp3) is 0.294. The van der Waals surface area contributed by atoms with Crippen LogP contribution in [0.4, 0.5) is 5.00 Å². The fourth-order valence-electron chi connectivity index (χ4n) is 1.89. The number of anilines is 1. The Morgan fingerprint density at radius 2 is 1.91 bits per heavy atom. The summed E-state index contributed by atoms with van der Waals surface area (Å²) in [6, 6.07) is 8.54. The number of ether oxygens (including phenoxy) is 2. The number of carbonyl (C=O) groups excluding carboxylic acids is 2. The second-order valence-electron chi connectivity index (χ2n) is 4.84. The van der Waals surface area contributed by atoms with Crippen LogP contribution in [0.1, 0.15) is 40.5 Å². The van der Waals surface area contributed by atoms with E-state index in [0.717, 1.165) is 18.6 Å². The molecule has 6 heteroatoms. The number of thiophene rings is 1. The van der Waals surface area contributed by atoms with Gasteiger partial charge in [0.25, 0.3) is 5.91 Å². The SMILES string of the molecule is CCCCOc1ccc(C(=O)Nc2sccc2C(=O)OC)cc1. The van der Waals surface area contributed by atoms with E-state index < -0.39 is 5.97 Å². The quantitative estimate of drug-likeness (QED) is 0.615. The normalized spacial score (nSPS) is 10.2. The average Bonchev–Trinajstić information content (AvgIpc) is 3.03. The molecule has 0 radical (unpaired) electrons. The van der Waals surface area contributed by atoms with E-state index in [2.05, 4.69) is 17.0 Å². The molecule has 0 unspecified atom stereocenters. The van der Waals surface area contributed by atoms with Gasteiger partial charge in [-0.05, 0) is 42.1 Å². The van der Waals surface area contributed by atoms with Crippen LogP contribution in [0.2, 0.25) is 0 Å². The van der Waals surface area contributed by atoms with Gasteiger partial charge in [-0.1, -0.05) is 13.3 Å². The maximum Gasteiger partial charge on any atom is 0.340 e. The molecule has 1 N–H and O–H groups in total. The molecule has 5 nitrogen and oxygen atoms in total. The maximum atomic E-state index is 12.2. The molecule has 2 rings (SSSR count). The summed E-state index contributed by atoms with van der Waals surface area (Å²) >= 11 is 1.28. The summed E-state index contributed by atoms with van der Waals surface area (Å²) in [5.41, 5.74) is 0.849. The summed E-state index contributed by atoms with van der Waals surface area (Å²) in [4.78, 5) is 23.8. The van der Waals surface area contributed by atoms with Crippen LogP contribution in [0, 0.1) is 0 Å². The molecule has 1 heterocycles. The van der Waals surface area contributed by atoms with Crippen molar-refractivity contribution in [1.82, 2.24) is 0 Å². The third kappa shape index (κ3) is 4.56. The third-order valence-corrected chi connectivity index (χ3v) is 4.01. The molecule has 0 bridgehead atoms. The predicted octanol–water partition coefficient (Wildman–Crippen LogP) is 3.97. The number of hydrogen-bond donors (Lipinski definition) is 1. The molecule has 1 aromatic heterocycles. The third-order valence-electron chi connectivity index (χ3n) is 3.18. The molecular formula is C17H19NO4S. The zero-order valence-electron chi connectivity index (χ0n) is 13.1. The molecule has 0 fully saturated rings.